The number of benzene rings is 7. The zero-order chi connectivity index (χ0) is 67.1. The summed E-state index contributed by atoms with van der Waals surface area (Å²) in [7, 11) is 0. The molecule has 14 heteroatoms. The van der Waals surface area contributed by atoms with Gasteiger partial charge >= 0.3 is 11.9 Å². The lowest BCUT2D eigenvalue weighted by molar-refractivity contribution is -0.135. The third-order valence-corrected chi connectivity index (χ3v) is 13.5. The third-order valence-electron chi connectivity index (χ3n) is 13.5. The van der Waals surface area contributed by atoms with Gasteiger partial charge < -0.3 is 66.7 Å². The molecular formula is C76H118N10O4. The minimum atomic E-state index is -0.988. The van der Waals surface area contributed by atoms with Crippen LogP contribution in [0.2, 0.25) is 0 Å². The summed E-state index contributed by atoms with van der Waals surface area (Å²) in [5.74, 6) is -1.96. The first-order valence-corrected chi connectivity index (χ1v) is 32.4. The van der Waals surface area contributed by atoms with Gasteiger partial charge in [-0.1, -0.05) is 258 Å². The normalized spacial score (nSPS) is 11.3. The Labute approximate surface area is 543 Å². The Kier molecular flexibility index (Phi) is 48.6. The number of nitrogens with zero attached hydrogens (tertiary/aromatic N) is 1. The zero-order valence-electron chi connectivity index (χ0n) is 55.7. The fourth-order valence-electron chi connectivity index (χ4n) is 9.29. The Morgan fingerprint density at radius 2 is 0.778 bits per heavy atom. The van der Waals surface area contributed by atoms with Crippen LogP contribution >= 0.6 is 0 Å². The van der Waals surface area contributed by atoms with Crippen LogP contribution in [0, 0.1) is 5.41 Å². The topological polar surface area (TPSA) is 312 Å². The molecule has 0 amide bonds. The van der Waals surface area contributed by atoms with Crippen molar-refractivity contribution in [2.24, 2.45) is 34.1 Å². The van der Waals surface area contributed by atoms with Gasteiger partial charge in [0.25, 0.3) is 0 Å². The van der Waals surface area contributed by atoms with Crippen molar-refractivity contribution in [3.05, 3.63) is 211 Å². The molecule has 0 aliphatic heterocycles. The second-order valence-corrected chi connectivity index (χ2v) is 24.1. The molecule has 90 heavy (non-hydrogen) atoms. The lowest BCUT2D eigenvalue weighted by atomic mass is 9.82. The van der Waals surface area contributed by atoms with Crippen molar-refractivity contribution in [3.63, 3.8) is 0 Å². The van der Waals surface area contributed by atoms with Crippen LogP contribution < -0.4 is 56.5 Å². The van der Waals surface area contributed by atoms with Crippen molar-refractivity contribution in [2.45, 2.75) is 188 Å². The Bertz CT molecular complexity index is 2600. The second kappa shape index (κ2) is 53.1. The van der Waals surface area contributed by atoms with Gasteiger partial charge in [0, 0.05) is 46.6 Å². The van der Waals surface area contributed by atoms with E-state index in [1.807, 2.05) is 91.0 Å². The molecule has 14 nitrogen and oxygen atoms in total. The van der Waals surface area contributed by atoms with Gasteiger partial charge in [0.05, 0.1) is 23.5 Å². The van der Waals surface area contributed by atoms with E-state index >= 15 is 0 Å². The maximum atomic E-state index is 10.3. The zero-order valence-corrected chi connectivity index (χ0v) is 55.7. The van der Waals surface area contributed by atoms with E-state index in [0.29, 0.717) is 35.1 Å². The summed E-state index contributed by atoms with van der Waals surface area (Å²) in [5, 5.41) is 16.1. The molecule has 20 N–H and O–H groups in total. The number of nitrogens with two attached hydrogens (primary N) is 9. The van der Waals surface area contributed by atoms with Crippen molar-refractivity contribution in [3.8, 4) is 0 Å². The number of unbranched alkanes of at least 4 members (excludes halogenated alkanes) is 13. The lowest BCUT2D eigenvalue weighted by Crippen LogP contribution is -2.36. The van der Waals surface area contributed by atoms with E-state index in [4.69, 9.17) is 56.1 Å². The van der Waals surface area contributed by atoms with Crippen molar-refractivity contribution < 1.29 is 19.8 Å². The summed E-state index contributed by atoms with van der Waals surface area (Å²) < 4.78 is 0. The Morgan fingerprint density at radius 1 is 0.456 bits per heavy atom. The number of hydrogen-bond donors (Lipinski definition) is 11. The van der Waals surface area contributed by atoms with Crippen LogP contribution in [0.1, 0.15) is 186 Å². The minimum Gasteiger partial charge on any atom is -0.480 e. The first kappa shape index (κ1) is 82.3. The van der Waals surface area contributed by atoms with Gasteiger partial charge in [-0.05, 0) is 130 Å². The molecule has 7 aromatic carbocycles. The van der Waals surface area contributed by atoms with Crippen LogP contribution in [-0.2, 0) is 11.3 Å². The van der Waals surface area contributed by atoms with Gasteiger partial charge in [-0.15, -0.1) is 0 Å². The quantitative estimate of drug-likeness (QED) is 0.0236. The molecule has 0 unspecified atom stereocenters. The molecule has 8 rings (SSSR count). The molecule has 0 aromatic heterocycles. The van der Waals surface area contributed by atoms with E-state index in [1.165, 1.54) is 151 Å². The summed E-state index contributed by atoms with van der Waals surface area (Å²) in [6, 6.07) is 64.9. The molecule has 1 aliphatic carbocycles. The maximum Gasteiger partial charge on any atom is 0.337 e. The smallest absolute Gasteiger partial charge is 0.337 e. The van der Waals surface area contributed by atoms with Gasteiger partial charge in [0.1, 0.15) is 0 Å². The van der Waals surface area contributed by atoms with Crippen LogP contribution in [0.4, 0.5) is 39.8 Å². The average molecular weight is 1240 g/mol. The highest BCUT2D eigenvalue weighted by Gasteiger charge is 2.20. The fraction of sp³-hybridized carbons (Fsp3) is 0.421. The van der Waals surface area contributed by atoms with Crippen LogP contribution in [0.3, 0.4) is 0 Å². The Morgan fingerprint density at radius 3 is 1.00 bits per heavy atom. The standard InChI is InChI=1S/C18H15N.C16H35N.C8H19N.C7H7NO2.C7H9N.C6H8N2.C6H13N.C6H7N.C2H5NO2/c1-4-10-16(11-5-1)19(17-12-6-2-7-13-17)18-14-8-3-9-15-18;1-2-3-4-5-6-7-8-9-10-11-12-13-14-15-16-17;1-7(2,3)6-8(4,5)9;8-6-4-2-1-3-5(6)7(9)10;8-6-7-4-2-1-3-5-7;7-5-3-1-2-4-6(5)8;2*7-6-4-2-1-3-5-6;3-1-2(4)5/h1-15H;2-17H2,1H3;6,9H2,1-5H3;1-4H,8H2,(H,9,10);1-5H,6,8H2;1-4H,7-8H2;6H,1-5,7H2;1-5H,7H2;1,3H2,(H,4,5). The van der Waals surface area contributed by atoms with Crippen molar-refractivity contribution in [2.75, 3.05) is 40.9 Å². The molecule has 0 radical (unpaired) electrons. The number of para-hydroxylation sites is 7. The number of carbonyl (C=O) groups is 2. The molecule has 1 saturated carbocycles. The summed E-state index contributed by atoms with van der Waals surface area (Å²) in [4.78, 5) is 21.8. The summed E-state index contributed by atoms with van der Waals surface area (Å²) in [6.45, 7) is 14.3. The highest BCUT2D eigenvalue weighted by Crippen LogP contribution is 2.33. The Hall–Kier alpha value is -7.72. The Balaban J connectivity index is 0.00000102. The highest BCUT2D eigenvalue weighted by molar-refractivity contribution is 5.93. The highest BCUT2D eigenvalue weighted by atomic mass is 16.4. The van der Waals surface area contributed by atoms with Gasteiger partial charge in [-0.2, -0.15) is 0 Å². The fourth-order valence-corrected chi connectivity index (χ4v) is 9.29. The van der Waals surface area contributed by atoms with Crippen LogP contribution in [-0.4, -0.2) is 46.8 Å². The first-order chi connectivity index (χ1) is 43.1. The maximum absolute atomic E-state index is 10.3. The number of nitrogen functional groups attached to an aromatic ring is 4. The summed E-state index contributed by atoms with van der Waals surface area (Å²) >= 11 is 0. The molecule has 496 valence electrons. The molecule has 0 atom stereocenters. The monoisotopic (exact) mass is 1230 g/mol. The average Bonchev–Trinajstić information content (AvgIpc) is 1.17. The van der Waals surface area contributed by atoms with E-state index in [0.717, 1.165) is 18.7 Å². The van der Waals surface area contributed by atoms with Gasteiger partial charge in [0.2, 0.25) is 0 Å². The van der Waals surface area contributed by atoms with Crippen molar-refractivity contribution >= 4 is 51.8 Å². The van der Waals surface area contributed by atoms with Crippen LogP contribution in [0.5, 0.6) is 0 Å². The van der Waals surface area contributed by atoms with E-state index in [1.54, 1.807) is 30.3 Å². The molecular weight excluding hydrogens is 1120 g/mol. The third kappa shape index (κ3) is 48.2. The number of hydrogen-bond acceptors (Lipinski definition) is 12. The number of carboxylic acids is 2. The summed E-state index contributed by atoms with van der Waals surface area (Å²) in [5.41, 5.74) is 55.9. The van der Waals surface area contributed by atoms with E-state index < -0.39 is 11.9 Å². The lowest BCUT2D eigenvalue weighted by Gasteiger charge is -2.28. The predicted octanol–water partition coefficient (Wildman–Crippen LogP) is 17.3. The van der Waals surface area contributed by atoms with Crippen LogP contribution in [0.15, 0.2) is 200 Å². The second-order valence-electron chi connectivity index (χ2n) is 24.1. The number of carboxylic acid groups (broad SMARTS) is 2. The van der Waals surface area contributed by atoms with Gasteiger partial charge in [-0.3, -0.25) is 4.79 Å². The molecule has 1 aliphatic rings. The van der Waals surface area contributed by atoms with E-state index in [9.17, 15) is 9.59 Å². The molecule has 1 fully saturated rings. The number of aliphatic carboxylic acids is 1. The summed E-state index contributed by atoms with van der Waals surface area (Å²) in [6.07, 6.45) is 27.6. The number of aromatic carboxylic acids is 1. The van der Waals surface area contributed by atoms with Crippen molar-refractivity contribution in [1.29, 1.82) is 0 Å². The molecule has 0 bridgehead atoms. The number of anilines is 7. The van der Waals surface area contributed by atoms with E-state index in [-0.39, 0.29) is 17.6 Å². The SMILES string of the molecule is CC(C)(C)CC(C)(C)N.CCCCCCCCCCCCCCCCN.NC1CCCCC1.NCC(=O)O.NCc1ccccc1.Nc1ccccc1.Nc1ccccc1C(=O)O.Nc1ccccc1N.c1ccc(N(c2ccccc2)c2ccccc2)cc1. The molecule has 7 aromatic rings. The minimum absolute atomic E-state index is 0.0156. The number of rotatable bonds is 21. The van der Waals surface area contributed by atoms with E-state index in [2.05, 4.69) is 125 Å². The van der Waals surface area contributed by atoms with Crippen LogP contribution in [0.25, 0.3) is 0 Å². The predicted molar refractivity (Wildman–Crippen MR) is 389 cm³/mol. The first-order valence-electron chi connectivity index (χ1n) is 32.4. The van der Waals surface area contributed by atoms with Gasteiger partial charge in [0.15, 0.2) is 0 Å². The molecule has 0 heterocycles. The van der Waals surface area contributed by atoms with Gasteiger partial charge in [-0.25, -0.2) is 4.79 Å². The molecule has 0 saturated heterocycles. The van der Waals surface area contributed by atoms with Crippen molar-refractivity contribution in [1.82, 2.24) is 0 Å². The molecule has 0 spiro atoms. The largest absolute Gasteiger partial charge is 0.480 e.